The van der Waals surface area contributed by atoms with Gasteiger partial charge in [0, 0.05) is 24.6 Å². The lowest BCUT2D eigenvalue weighted by molar-refractivity contribution is -0.139. The molecule has 1 heterocycles. The highest BCUT2D eigenvalue weighted by atomic mass is 32.1. The molecule has 0 aliphatic carbocycles. The average Bonchev–Trinajstić information content (AvgIpc) is 2.89. The summed E-state index contributed by atoms with van der Waals surface area (Å²) in [6.07, 6.45) is 2.27. The zero-order valence-electron chi connectivity index (χ0n) is 10.5. The molecule has 0 radical (unpaired) electrons. The summed E-state index contributed by atoms with van der Waals surface area (Å²) in [5, 5.41) is 25.2. The Morgan fingerprint density at radius 2 is 2.21 bits per heavy atom. The second kappa shape index (κ2) is 7.70. The highest BCUT2D eigenvalue weighted by Gasteiger charge is 2.21. The Kier molecular flexibility index (Phi) is 6.23. The summed E-state index contributed by atoms with van der Waals surface area (Å²) in [5.74, 6) is -1.17. The molecule has 7 nitrogen and oxygen atoms in total. The molecule has 8 heteroatoms. The first-order valence-corrected chi connectivity index (χ1v) is 6.76. The van der Waals surface area contributed by atoms with Gasteiger partial charge in [0.15, 0.2) is 0 Å². The molecule has 0 saturated carbocycles. The van der Waals surface area contributed by atoms with Crippen LogP contribution in [0.25, 0.3) is 0 Å². The second-order valence-electron chi connectivity index (χ2n) is 3.85. The molecule has 106 valence electrons. The fourth-order valence-corrected chi connectivity index (χ4v) is 2.26. The number of rotatable bonds is 7. The van der Waals surface area contributed by atoms with Crippen molar-refractivity contribution in [1.29, 1.82) is 0 Å². The molecule has 4 N–H and O–H groups in total. The molecule has 0 aromatic carbocycles. The van der Waals surface area contributed by atoms with E-state index in [2.05, 4.69) is 15.6 Å². The van der Waals surface area contributed by atoms with Gasteiger partial charge in [0.1, 0.15) is 11.0 Å². The number of aromatic nitrogens is 1. The number of nitrogens with one attached hydrogen (secondary N) is 2. The number of nitrogens with zero attached hydrogens (tertiary/aromatic N) is 1. The third-order valence-electron chi connectivity index (χ3n) is 2.48. The molecule has 0 aliphatic rings. The highest BCUT2D eigenvalue weighted by molar-refractivity contribution is 7.09. The molecular formula is C11H17N3O4S. The van der Waals surface area contributed by atoms with Crippen LogP contribution in [-0.2, 0) is 4.79 Å². The Labute approximate surface area is 114 Å². The quantitative estimate of drug-likeness (QED) is 0.590. The summed E-state index contributed by atoms with van der Waals surface area (Å²) in [4.78, 5) is 26.7. The Balaban J connectivity index is 2.55. The topological polar surface area (TPSA) is 112 Å². The number of aliphatic hydroxyl groups is 1. The highest BCUT2D eigenvalue weighted by Crippen LogP contribution is 2.18. The molecule has 0 bridgehead atoms. The Morgan fingerprint density at radius 3 is 2.68 bits per heavy atom. The lowest BCUT2D eigenvalue weighted by atomic mass is 10.2. The van der Waals surface area contributed by atoms with Crippen molar-refractivity contribution in [1.82, 2.24) is 15.6 Å². The van der Waals surface area contributed by atoms with Crippen LogP contribution in [0.4, 0.5) is 4.79 Å². The standard InChI is InChI=1S/C11H17N3O4S/c1-2-7(9-12-4-6-19-9)13-11(18)14-8(3-5-15)10(16)17/h4,6-8,15H,2-3,5H2,1H3,(H,16,17)(H2,13,14,18). The first-order valence-electron chi connectivity index (χ1n) is 5.88. The van der Waals surface area contributed by atoms with E-state index in [-0.39, 0.29) is 19.1 Å². The van der Waals surface area contributed by atoms with E-state index in [4.69, 9.17) is 10.2 Å². The van der Waals surface area contributed by atoms with Gasteiger partial charge in [-0.2, -0.15) is 0 Å². The molecule has 2 amide bonds. The van der Waals surface area contributed by atoms with Gasteiger partial charge >= 0.3 is 12.0 Å². The fraction of sp³-hybridized carbons (Fsp3) is 0.545. The van der Waals surface area contributed by atoms with E-state index in [1.54, 1.807) is 6.20 Å². The van der Waals surface area contributed by atoms with Gasteiger partial charge in [0.05, 0.1) is 6.04 Å². The Morgan fingerprint density at radius 1 is 1.47 bits per heavy atom. The molecule has 0 saturated heterocycles. The summed E-state index contributed by atoms with van der Waals surface area (Å²) in [5.41, 5.74) is 0. The number of carboxylic acids is 1. The number of carbonyl (C=O) groups excluding carboxylic acids is 1. The number of carbonyl (C=O) groups is 2. The van der Waals surface area contributed by atoms with Crippen LogP contribution in [0.2, 0.25) is 0 Å². The molecular weight excluding hydrogens is 270 g/mol. The number of carboxylic acid groups (broad SMARTS) is 1. The van der Waals surface area contributed by atoms with E-state index in [0.717, 1.165) is 5.01 Å². The van der Waals surface area contributed by atoms with Crippen LogP contribution in [0, 0.1) is 0 Å². The minimum absolute atomic E-state index is 0.0310. The summed E-state index contributed by atoms with van der Waals surface area (Å²) in [6, 6.07) is -1.93. The number of hydrogen-bond donors (Lipinski definition) is 4. The molecule has 0 spiro atoms. The maximum absolute atomic E-state index is 11.7. The second-order valence-corrected chi connectivity index (χ2v) is 4.78. The maximum atomic E-state index is 11.7. The monoisotopic (exact) mass is 287 g/mol. The molecule has 2 atom stereocenters. The Hall–Kier alpha value is -1.67. The van der Waals surface area contributed by atoms with Gasteiger partial charge in [-0.15, -0.1) is 11.3 Å². The number of amides is 2. The average molecular weight is 287 g/mol. The minimum atomic E-state index is -1.17. The van der Waals surface area contributed by atoms with Gasteiger partial charge in [0.2, 0.25) is 0 Å². The van der Waals surface area contributed by atoms with Gasteiger partial charge in [-0.25, -0.2) is 14.6 Å². The lowest BCUT2D eigenvalue weighted by Crippen LogP contribution is -2.47. The number of aliphatic hydroxyl groups excluding tert-OH is 1. The SMILES string of the molecule is CCC(NC(=O)NC(CCO)C(=O)O)c1nccs1. The van der Waals surface area contributed by atoms with E-state index < -0.39 is 18.0 Å². The number of urea groups is 1. The van der Waals surface area contributed by atoms with E-state index >= 15 is 0 Å². The number of hydrogen-bond acceptors (Lipinski definition) is 5. The molecule has 1 rings (SSSR count). The normalized spacial score (nSPS) is 13.6. The number of aliphatic carboxylic acids is 1. The van der Waals surface area contributed by atoms with Crippen LogP contribution >= 0.6 is 11.3 Å². The van der Waals surface area contributed by atoms with Crippen LogP contribution < -0.4 is 10.6 Å². The maximum Gasteiger partial charge on any atom is 0.326 e. The third-order valence-corrected chi connectivity index (χ3v) is 3.37. The van der Waals surface area contributed by atoms with Crippen LogP contribution in [0.5, 0.6) is 0 Å². The van der Waals surface area contributed by atoms with E-state index in [9.17, 15) is 9.59 Å². The lowest BCUT2D eigenvalue weighted by Gasteiger charge is -2.18. The third kappa shape index (κ3) is 4.84. The fourth-order valence-electron chi connectivity index (χ4n) is 1.49. The van der Waals surface area contributed by atoms with Gasteiger partial charge in [-0.1, -0.05) is 6.92 Å². The van der Waals surface area contributed by atoms with Crippen LogP contribution in [0.15, 0.2) is 11.6 Å². The smallest absolute Gasteiger partial charge is 0.326 e. The van der Waals surface area contributed by atoms with E-state index in [1.165, 1.54) is 11.3 Å². The first kappa shape index (κ1) is 15.4. The van der Waals surface area contributed by atoms with Gasteiger partial charge < -0.3 is 20.8 Å². The first-order chi connectivity index (χ1) is 9.08. The number of thiazole rings is 1. The summed E-state index contributed by atoms with van der Waals surface area (Å²) in [7, 11) is 0. The van der Waals surface area contributed by atoms with Crippen molar-refractivity contribution in [2.24, 2.45) is 0 Å². The molecule has 1 aromatic rings. The van der Waals surface area contributed by atoms with Crippen molar-refractivity contribution in [3.63, 3.8) is 0 Å². The Bertz CT molecular complexity index is 410. The molecule has 0 aliphatic heterocycles. The summed E-state index contributed by atoms with van der Waals surface area (Å²) >= 11 is 1.42. The van der Waals surface area contributed by atoms with Gasteiger partial charge in [0.25, 0.3) is 0 Å². The van der Waals surface area contributed by atoms with Crippen molar-refractivity contribution in [2.75, 3.05) is 6.61 Å². The molecule has 0 fully saturated rings. The predicted octanol–water partition coefficient (Wildman–Crippen LogP) is 0.729. The largest absolute Gasteiger partial charge is 0.480 e. The zero-order valence-corrected chi connectivity index (χ0v) is 11.3. The van der Waals surface area contributed by atoms with Gasteiger partial charge in [-0.3, -0.25) is 0 Å². The predicted molar refractivity (Wildman–Crippen MR) is 69.9 cm³/mol. The zero-order chi connectivity index (χ0) is 14.3. The van der Waals surface area contributed by atoms with Gasteiger partial charge in [-0.05, 0) is 6.42 Å². The van der Waals surface area contributed by atoms with Crippen molar-refractivity contribution in [3.05, 3.63) is 16.6 Å². The van der Waals surface area contributed by atoms with Crippen LogP contribution in [0.3, 0.4) is 0 Å². The van der Waals surface area contributed by atoms with Crippen LogP contribution in [-0.4, -0.2) is 39.8 Å². The van der Waals surface area contributed by atoms with Crippen LogP contribution in [0.1, 0.15) is 30.8 Å². The summed E-state index contributed by atoms with van der Waals surface area (Å²) in [6.45, 7) is 1.59. The molecule has 1 aromatic heterocycles. The van der Waals surface area contributed by atoms with Crippen molar-refractivity contribution >= 4 is 23.3 Å². The summed E-state index contributed by atoms with van der Waals surface area (Å²) < 4.78 is 0. The molecule has 2 unspecified atom stereocenters. The molecule has 19 heavy (non-hydrogen) atoms. The van der Waals surface area contributed by atoms with Crippen molar-refractivity contribution < 1.29 is 19.8 Å². The van der Waals surface area contributed by atoms with Crippen molar-refractivity contribution in [3.8, 4) is 0 Å². The van der Waals surface area contributed by atoms with E-state index in [0.29, 0.717) is 6.42 Å². The minimum Gasteiger partial charge on any atom is -0.480 e. The van der Waals surface area contributed by atoms with E-state index in [1.807, 2.05) is 12.3 Å². The van der Waals surface area contributed by atoms with Crippen molar-refractivity contribution in [2.45, 2.75) is 31.8 Å².